The number of amides is 2. The topological polar surface area (TPSA) is 89.4 Å². The van der Waals surface area contributed by atoms with Crippen LogP contribution in [0, 0.1) is 0 Å². The maximum absolute atomic E-state index is 12.8. The highest BCUT2D eigenvalue weighted by molar-refractivity contribution is 7.99. The third kappa shape index (κ3) is 3.09. The van der Waals surface area contributed by atoms with Crippen LogP contribution in [0.5, 0.6) is 0 Å². The summed E-state index contributed by atoms with van der Waals surface area (Å²) in [5.41, 5.74) is 13.2. The first-order chi connectivity index (χ1) is 11.1. The fourth-order valence-electron chi connectivity index (χ4n) is 2.66. The number of anilines is 1. The number of hydrogen-bond acceptors (Lipinski definition) is 4. The second kappa shape index (κ2) is 6.44. The van der Waals surface area contributed by atoms with Gasteiger partial charge in [-0.25, -0.2) is 0 Å². The number of hydrogen-bond donors (Lipinski definition) is 2. The quantitative estimate of drug-likeness (QED) is 0.897. The van der Waals surface area contributed by atoms with Crippen molar-refractivity contribution in [2.24, 2.45) is 11.5 Å². The molecule has 0 saturated carbocycles. The van der Waals surface area contributed by atoms with E-state index in [2.05, 4.69) is 0 Å². The fraction of sp³-hybridized carbons (Fsp3) is 0.176. The van der Waals surface area contributed by atoms with Crippen molar-refractivity contribution in [1.29, 1.82) is 0 Å². The number of nitrogens with zero attached hydrogens (tertiary/aromatic N) is 1. The minimum Gasteiger partial charge on any atom is -0.368 e. The van der Waals surface area contributed by atoms with Crippen molar-refractivity contribution < 1.29 is 9.59 Å². The molecule has 0 aromatic heterocycles. The lowest BCUT2D eigenvalue weighted by molar-refractivity contribution is -0.123. The van der Waals surface area contributed by atoms with E-state index in [1.807, 2.05) is 54.6 Å². The molecule has 5 nitrogen and oxygen atoms in total. The van der Waals surface area contributed by atoms with Gasteiger partial charge < -0.3 is 16.4 Å². The zero-order valence-electron chi connectivity index (χ0n) is 12.4. The summed E-state index contributed by atoms with van der Waals surface area (Å²) in [6.07, 6.45) is 0. The molecule has 1 aliphatic rings. The van der Waals surface area contributed by atoms with Crippen LogP contribution >= 0.6 is 11.8 Å². The van der Waals surface area contributed by atoms with Gasteiger partial charge in [0.05, 0.1) is 10.9 Å². The Kier molecular flexibility index (Phi) is 4.36. The molecule has 2 atom stereocenters. The summed E-state index contributed by atoms with van der Waals surface area (Å²) < 4.78 is 0. The standard InChI is InChI=1S/C17H17N3O2S/c18-14(21)10-20-12-8-4-5-9-13(12)23-16(15(19)17(20)22)11-6-2-1-3-7-11/h1-9,15-16H,10,19H2,(H2,18,21)/t15-,16+/m0/s1. The lowest BCUT2D eigenvalue weighted by atomic mass is 10.0. The number of rotatable bonds is 3. The summed E-state index contributed by atoms with van der Waals surface area (Å²) >= 11 is 1.53. The summed E-state index contributed by atoms with van der Waals surface area (Å²) in [7, 11) is 0. The molecule has 2 aromatic carbocycles. The maximum atomic E-state index is 12.8. The highest BCUT2D eigenvalue weighted by Crippen LogP contribution is 2.44. The first-order valence-corrected chi connectivity index (χ1v) is 8.12. The molecule has 1 aliphatic heterocycles. The Balaban J connectivity index is 2.07. The largest absolute Gasteiger partial charge is 0.368 e. The van der Waals surface area contributed by atoms with Gasteiger partial charge in [-0.15, -0.1) is 11.8 Å². The van der Waals surface area contributed by atoms with Crippen LogP contribution in [0.3, 0.4) is 0 Å². The molecule has 0 aliphatic carbocycles. The Bertz CT molecular complexity index is 736. The van der Waals surface area contributed by atoms with E-state index in [9.17, 15) is 9.59 Å². The van der Waals surface area contributed by atoms with Gasteiger partial charge in [0.1, 0.15) is 12.6 Å². The molecular weight excluding hydrogens is 310 g/mol. The number of para-hydroxylation sites is 1. The van der Waals surface area contributed by atoms with E-state index in [0.717, 1.165) is 10.5 Å². The average Bonchev–Trinajstić information content (AvgIpc) is 2.66. The number of thioether (sulfide) groups is 1. The second-order valence-electron chi connectivity index (χ2n) is 5.33. The fourth-order valence-corrected chi connectivity index (χ4v) is 3.94. The van der Waals surface area contributed by atoms with Crippen molar-refractivity contribution in [3.8, 4) is 0 Å². The Labute approximate surface area is 138 Å². The number of benzene rings is 2. The van der Waals surface area contributed by atoms with Crippen molar-refractivity contribution in [3.05, 3.63) is 60.2 Å². The third-order valence-electron chi connectivity index (χ3n) is 3.73. The van der Waals surface area contributed by atoms with Crippen molar-refractivity contribution in [1.82, 2.24) is 0 Å². The van der Waals surface area contributed by atoms with Gasteiger partial charge in [0.2, 0.25) is 11.8 Å². The van der Waals surface area contributed by atoms with Gasteiger partial charge in [0, 0.05) is 4.90 Å². The molecule has 0 fully saturated rings. The van der Waals surface area contributed by atoms with E-state index >= 15 is 0 Å². The number of carbonyl (C=O) groups is 2. The molecule has 0 saturated heterocycles. The van der Waals surface area contributed by atoms with Gasteiger partial charge in [-0.1, -0.05) is 42.5 Å². The molecule has 0 unspecified atom stereocenters. The van der Waals surface area contributed by atoms with Crippen LogP contribution < -0.4 is 16.4 Å². The Hall–Kier alpha value is -2.31. The van der Waals surface area contributed by atoms with Crippen LogP contribution in [-0.2, 0) is 9.59 Å². The highest BCUT2D eigenvalue weighted by Gasteiger charge is 2.36. The van der Waals surface area contributed by atoms with E-state index in [4.69, 9.17) is 11.5 Å². The SMILES string of the molecule is NC(=O)CN1C(=O)[C@@H](N)[C@@H](c2ccccc2)Sc2ccccc21. The minimum absolute atomic E-state index is 0.175. The van der Waals surface area contributed by atoms with Crippen molar-refractivity contribution in [3.63, 3.8) is 0 Å². The van der Waals surface area contributed by atoms with Crippen LogP contribution in [0.25, 0.3) is 0 Å². The zero-order chi connectivity index (χ0) is 16.4. The lowest BCUT2D eigenvalue weighted by Gasteiger charge is -2.24. The van der Waals surface area contributed by atoms with Gasteiger partial charge in [-0.05, 0) is 17.7 Å². The second-order valence-corrected chi connectivity index (χ2v) is 6.52. The van der Waals surface area contributed by atoms with E-state index < -0.39 is 11.9 Å². The molecule has 118 valence electrons. The van der Waals surface area contributed by atoms with Gasteiger partial charge in [0.25, 0.3) is 0 Å². The van der Waals surface area contributed by atoms with Crippen LogP contribution in [0.4, 0.5) is 5.69 Å². The van der Waals surface area contributed by atoms with Crippen molar-refractivity contribution in [2.75, 3.05) is 11.4 Å². The maximum Gasteiger partial charge on any atom is 0.245 e. The summed E-state index contributed by atoms with van der Waals surface area (Å²) in [6.45, 7) is -0.175. The molecular formula is C17H17N3O2S. The molecule has 23 heavy (non-hydrogen) atoms. The summed E-state index contributed by atoms with van der Waals surface area (Å²) in [4.78, 5) is 26.5. The molecule has 4 N–H and O–H groups in total. The first kappa shape index (κ1) is 15.6. The molecule has 0 bridgehead atoms. The Morgan fingerprint density at radius 2 is 1.74 bits per heavy atom. The van der Waals surface area contributed by atoms with Crippen molar-refractivity contribution >= 4 is 29.3 Å². The smallest absolute Gasteiger partial charge is 0.245 e. The van der Waals surface area contributed by atoms with Gasteiger partial charge in [-0.2, -0.15) is 0 Å². The predicted octanol–water partition coefficient (Wildman–Crippen LogP) is 1.68. The average molecular weight is 327 g/mol. The zero-order valence-corrected chi connectivity index (χ0v) is 13.2. The van der Waals surface area contributed by atoms with Gasteiger partial charge in [-0.3, -0.25) is 9.59 Å². The van der Waals surface area contributed by atoms with E-state index in [1.54, 1.807) is 0 Å². The van der Waals surface area contributed by atoms with Gasteiger partial charge >= 0.3 is 0 Å². The number of carbonyl (C=O) groups excluding carboxylic acids is 2. The van der Waals surface area contributed by atoms with Crippen molar-refractivity contribution in [2.45, 2.75) is 16.2 Å². The number of primary amides is 1. The van der Waals surface area contributed by atoms with Crippen LogP contribution in [0.1, 0.15) is 10.8 Å². The normalized spacial score (nSPS) is 20.7. The summed E-state index contributed by atoms with van der Waals surface area (Å²) in [6, 6.07) is 16.4. The van der Waals surface area contributed by atoms with Gasteiger partial charge in [0.15, 0.2) is 0 Å². The van der Waals surface area contributed by atoms with E-state index in [0.29, 0.717) is 5.69 Å². The van der Waals surface area contributed by atoms with Crippen LogP contribution in [0.2, 0.25) is 0 Å². The monoisotopic (exact) mass is 327 g/mol. The van der Waals surface area contributed by atoms with Crippen LogP contribution in [-0.4, -0.2) is 24.4 Å². The van der Waals surface area contributed by atoms with E-state index in [1.165, 1.54) is 16.7 Å². The van der Waals surface area contributed by atoms with E-state index in [-0.39, 0.29) is 17.7 Å². The lowest BCUT2D eigenvalue weighted by Crippen LogP contribution is -2.48. The molecule has 3 rings (SSSR count). The number of fused-ring (bicyclic) bond motifs is 1. The molecule has 0 radical (unpaired) electrons. The Morgan fingerprint density at radius 1 is 1.09 bits per heavy atom. The molecule has 0 spiro atoms. The highest BCUT2D eigenvalue weighted by atomic mass is 32.2. The molecule has 2 amide bonds. The first-order valence-electron chi connectivity index (χ1n) is 7.24. The summed E-state index contributed by atoms with van der Waals surface area (Å²) in [5.74, 6) is -0.862. The number of nitrogens with two attached hydrogens (primary N) is 2. The Morgan fingerprint density at radius 3 is 2.43 bits per heavy atom. The third-order valence-corrected chi connectivity index (χ3v) is 5.15. The molecule has 1 heterocycles. The van der Waals surface area contributed by atoms with Crippen LogP contribution in [0.15, 0.2) is 59.5 Å². The minimum atomic E-state index is -0.755. The predicted molar refractivity (Wildman–Crippen MR) is 91.0 cm³/mol. The molecule has 2 aromatic rings. The molecule has 6 heteroatoms. The summed E-state index contributed by atoms with van der Waals surface area (Å²) in [5, 5.41) is -0.220.